The molecule has 0 saturated heterocycles. The smallest absolute Gasteiger partial charge is 0.368 e. The van der Waals surface area contributed by atoms with Gasteiger partial charge in [-0.2, -0.15) is 18.2 Å². The highest BCUT2D eigenvalue weighted by atomic mass is 19.4. The second kappa shape index (κ2) is 3.72. The molecule has 0 spiro atoms. The number of rotatable bonds is 1. The van der Waals surface area contributed by atoms with Crippen LogP contribution in [0.15, 0.2) is 18.3 Å². The fourth-order valence-corrected chi connectivity index (χ4v) is 1.20. The summed E-state index contributed by atoms with van der Waals surface area (Å²) in [6, 6.07) is 2.13. The molecule has 0 amide bonds. The Kier molecular flexibility index (Phi) is 2.49. The molecule has 0 aliphatic rings. The molecule has 0 aromatic carbocycles. The van der Waals surface area contributed by atoms with E-state index in [1.165, 1.54) is 10.7 Å². The van der Waals surface area contributed by atoms with Gasteiger partial charge in [-0.3, -0.25) is 4.98 Å². The summed E-state index contributed by atoms with van der Waals surface area (Å²) < 4.78 is 38.2. The number of alkyl halides is 3. The first-order chi connectivity index (χ1) is 7.88. The fourth-order valence-electron chi connectivity index (χ4n) is 1.20. The van der Waals surface area contributed by atoms with Crippen LogP contribution in [0.3, 0.4) is 0 Å². The summed E-state index contributed by atoms with van der Waals surface area (Å²) in [4.78, 5) is 7.51. The molecule has 2 heterocycles. The standard InChI is InChI=1S/C9H8F3N5/c1-17-8(13)15-7(16-17)6-3-2-5(4-14-6)9(10,11)12/h2-4H,1H3,(H2,13,15,16). The number of nitrogen functional groups attached to an aromatic ring is 1. The summed E-state index contributed by atoms with van der Waals surface area (Å²) in [6.45, 7) is 0. The molecule has 0 fully saturated rings. The van der Waals surface area contributed by atoms with Gasteiger partial charge in [-0.15, -0.1) is 5.10 Å². The molecule has 8 heteroatoms. The third-order valence-corrected chi connectivity index (χ3v) is 2.12. The highest BCUT2D eigenvalue weighted by Gasteiger charge is 2.30. The van der Waals surface area contributed by atoms with Crippen LogP contribution in [0.1, 0.15) is 5.56 Å². The number of anilines is 1. The van der Waals surface area contributed by atoms with E-state index in [1.54, 1.807) is 7.05 Å². The Hall–Kier alpha value is -2.12. The molecule has 0 saturated carbocycles. The van der Waals surface area contributed by atoms with E-state index in [0.717, 1.165) is 12.3 Å². The Balaban J connectivity index is 2.36. The van der Waals surface area contributed by atoms with Crippen LogP contribution in [-0.4, -0.2) is 19.7 Å². The van der Waals surface area contributed by atoms with Crippen LogP contribution in [0.2, 0.25) is 0 Å². The van der Waals surface area contributed by atoms with E-state index in [2.05, 4.69) is 15.1 Å². The van der Waals surface area contributed by atoms with Crippen LogP contribution in [0.5, 0.6) is 0 Å². The van der Waals surface area contributed by atoms with E-state index in [-0.39, 0.29) is 17.5 Å². The van der Waals surface area contributed by atoms with E-state index in [0.29, 0.717) is 0 Å². The lowest BCUT2D eigenvalue weighted by Gasteiger charge is -2.05. The van der Waals surface area contributed by atoms with Crippen molar-refractivity contribution in [3.63, 3.8) is 0 Å². The summed E-state index contributed by atoms with van der Waals surface area (Å²) in [7, 11) is 1.58. The molecule has 90 valence electrons. The van der Waals surface area contributed by atoms with E-state index >= 15 is 0 Å². The van der Waals surface area contributed by atoms with Crippen molar-refractivity contribution in [1.82, 2.24) is 19.7 Å². The summed E-state index contributed by atoms with van der Waals surface area (Å²) in [5.41, 5.74) is 4.89. The van der Waals surface area contributed by atoms with Crippen LogP contribution in [0, 0.1) is 0 Å². The van der Waals surface area contributed by atoms with E-state index < -0.39 is 11.7 Å². The van der Waals surface area contributed by atoms with E-state index in [1.807, 2.05) is 0 Å². The van der Waals surface area contributed by atoms with Gasteiger partial charge in [0.15, 0.2) is 0 Å². The average Bonchev–Trinajstić information content (AvgIpc) is 2.58. The van der Waals surface area contributed by atoms with Crippen LogP contribution in [0.4, 0.5) is 19.1 Å². The Bertz CT molecular complexity index is 509. The Morgan fingerprint density at radius 3 is 2.41 bits per heavy atom. The topological polar surface area (TPSA) is 69.6 Å². The molecular weight excluding hydrogens is 235 g/mol. The highest BCUT2D eigenvalue weighted by molar-refractivity contribution is 5.50. The molecule has 17 heavy (non-hydrogen) atoms. The van der Waals surface area contributed by atoms with Gasteiger partial charge in [-0.25, -0.2) is 4.68 Å². The van der Waals surface area contributed by atoms with E-state index in [4.69, 9.17) is 5.73 Å². The number of halogens is 3. The SMILES string of the molecule is Cn1nc(-c2ccc(C(F)(F)F)cn2)nc1N. The third kappa shape index (κ3) is 2.19. The van der Waals surface area contributed by atoms with Gasteiger partial charge >= 0.3 is 6.18 Å². The third-order valence-electron chi connectivity index (χ3n) is 2.12. The fraction of sp³-hybridized carbons (Fsp3) is 0.222. The first kappa shape index (κ1) is 11.4. The number of pyridine rings is 1. The van der Waals surface area contributed by atoms with Gasteiger partial charge in [-0.1, -0.05) is 0 Å². The Labute approximate surface area is 94.1 Å². The zero-order chi connectivity index (χ0) is 12.6. The predicted molar refractivity (Wildman–Crippen MR) is 53.6 cm³/mol. The first-order valence-electron chi connectivity index (χ1n) is 4.58. The first-order valence-corrected chi connectivity index (χ1v) is 4.58. The van der Waals surface area contributed by atoms with Crippen molar-refractivity contribution >= 4 is 5.95 Å². The lowest BCUT2D eigenvalue weighted by Crippen LogP contribution is -2.05. The summed E-state index contributed by atoms with van der Waals surface area (Å²) >= 11 is 0. The summed E-state index contributed by atoms with van der Waals surface area (Å²) in [5, 5.41) is 3.91. The van der Waals surface area contributed by atoms with Crippen molar-refractivity contribution in [2.75, 3.05) is 5.73 Å². The van der Waals surface area contributed by atoms with Crippen molar-refractivity contribution in [1.29, 1.82) is 0 Å². The summed E-state index contributed by atoms with van der Waals surface area (Å²) in [6.07, 6.45) is -3.66. The van der Waals surface area contributed by atoms with Gasteiger partial charge < -0.3 is 5.73 Å². The molecule has 0 atom stereocenters. The maximum Gasteiger partial charge on any atom is 0.417 e. The van der Waals surface area contributed by atoms with Gasteiger partial charge in [0, 0.05) is 13.2 Å². The zero-order valence-corrected chi connectivity index (χ0v) is 8.73. The molecule has 0 unspecified atom stereocenters. The number of hydrogen-bond acceptors (Lipinski definition) is 4. The molecule has 2 aromatic rings. The number of aryl methyl sites for hydroxylation is 1. The second-order valence-electron chi connectivity index (χ2n) is 3.35. The van der Waals surface area contributed by atoms with Gasteiger partial charge in [0.25, 0.3) is 0 Å². The molecule has 2 aromatic heterocycles. The maximum atomic E-state index is 12.3. The van der Waals surface area contributed by atoms with Gasteiger partial charge in [0.1, 0.15) is 5.69 Å². The lowest BCUT2D eigenvalue weighted by atomic mass is 10.2. The number of aromatic nitrogens is 4. The zero-order valence-electron chi connectivity index (χ0n) is 8.73. The molecule has 2 rings (SSSR count). The normalized spacial score (nSPS) is 11.8. The number of nitrogens with zero attached hydrogens (tertiary/aromatic N) is 4. The largest absolute Gasteiger partial charge is 0.417 e. The van der Waals surface area contributed by atoms with E-state index in [9.17, 15) is 13.2 Å². The van der Waals surface area contributed by atoms with Crippen LogP contribution in [-0.2, 0) is 13.2 Å². The molecule has 0 aliphatic carbocycles. The molecule has 2 N–H and O–H groups in total. The minimum atomic E-state index is -4.40. The predicted octanol–water partition coefficient (Wildman–Crippen LogP) is 1.48. The van der Waals surface area contributed by atoms with Gasteiger partial charge in [0.2, 0.25) is 11.8 Å². The lowest BCUT2D eigenvalue weighted by molar-refractivity contribution is -0.137. The Morgan fingerprint density at radius 1 is 1.29 bits per heavy atom. The van der Waals surface area contributed by atoms with Crippen molar-refractivity contribution in [2.45, 2.75) is 6.18 Å². The molecule has 0 aliphatic heterocycles. The van der Waals surface area contributed by atoms with Crippen LogP contribution >= 0.6 is 0 Å². The van der Waals surface area contributed by atoms with Crippen molar-refractivity contribution in [3.8, 4) is 11.5 Å². The van der Waals surface area contributed by atoms with Crippen molar-refractivity contribution in [2.24, 2.45) is 7.05 Å². The molecular formula is C9H8F3N5. The minimum absolute atomic E-state index is 0.168. The number of hydrogen-bond donors (Lipinski definition) is 1. The van der Waals surface area contributed by atoms with Gasteiger partial charge in [0.05, 0.1) is 5.56 Å². The van der Waals surface area contributed by atoms with Crippen LogP contribution < -0.4 is 5.73 Å². The molecule has 0 radical (unpaired) electrons. The second-order valence-corrected chi connectivity index (χ2v) is 3.35. The quantitative estimate of drug-likeness (QED) is 0.823. The highest BCUT2D eigenvalue weighted by Crippen LogP contribution is 2.29. The number of nitrogens with two attached hydrogens (primary N) is 1. The molecule has 5 nitrogen and oxygen atoms in total. The molecule has 0 bridgehead atoms. The van der Waals surface area contributed by atoms with Gasteiger partial charge in [-0.05, 0) is 12.1 Å². The minimum Gasteiger partial charge on any atom is -0.368 e. The maximum absolute atomic E-state index is 12.3. The Morgan fingerprint density at radius 2 is 2.00 bits per heavy atom. The monoisotopic (exact) mass is 243 g/mol. The summed E-state index contributed by atoms with van der Waals surface area (Å²) in [5.74, 6) is 0.362. The van der Waals surface area contributed by atoms with Crippen LogP contribution in [0.25, 0.3) is 11.5 Å². The van der Waals surface area contributed by atoms with Crippen molar-refractivity contribution in [3.05, 3.63) is 23.9 Å². The van der Waals surface area contributed by atoms with Crippen molar-refractivity contribution < 1.29 is 13.2 Å². The average molecular weight is 243 g/mol.